The predicted molar refractivity (Wildman–Crippen MR) is 49.0 cm³/mol. The minimum Gasteiger partial charge on any atom is -0.303 e. The smallest absolute Gasteiger partial charge is 0.303 e. The number of hydrogen-bond donors (Lipinski definition) is 3. The van der Waals surface area contributed by atoms with Crippen LogP contribution in [0.5, 0.6) is 0 Å². The van der Waals surface area contributed by atoms with Crippen LogP contribution in [0.3, 0.4) is 0 Å². The van der Waals surface area contributed by atoms with Crippen molar-refractivity contribution in [2.75, 3.05) is 0 Å². The van der Waals surface area contributed by atoms with Crippen molar-refractivity contribution in [1.29, 1.82) is 0 Å². The summed E-state index contributed by atoms with van der Waals surface area (Å²) in [7, 11) is -4.64. The van der Waals surface area contributed by atoms with Gasteiger partial charge in [-0.3, -0.25) is 0 Å². The molecule has 0 aliphatic rings. The van der Waals surface area contributed by atoms with Gasteiger partial charge in [-0.2, -0.15) is 35.4 Å². The van der Waals surface area contributed by atoms with Crippen LogP contribution in [-0.2, 0) is 4.57 Å². The fourth-order valence-electron chi connectivity index (χ4n) is 0.747. The van der Waals surface area contributed by atoms with Crippen molar-refractivity contribution in [1.82, 2.24) is 0 Å². The standard InChI is InChI=1S/C8H9.Na.H3O4P/c1-7-4-3-5-8(2)6-7;;1-5(2,3)4/h4-6H,1-2H3;;(H3,1,2,3,4)/q-1;+1;. The third kappa shape index (κ3) is 14.8. The number of hydrogen-bond acceptors (Lipinski definition) is 1. The Balaban J connectivity index is 0. The van der Waals surface area contributed by atoms with Crippen LogP contribution in [0.1, 0.15) is 11.1 Å². The number of aryl methyl sites for hydroxylation is 2. The summed E-state index contributed by atoms with van der Waals surface area (Å²) >= 11 is 0. The Hall–Kier alpha value is 0.330. The maximum absolute atomic E-state index is 8.88. The molecule has 0 fully saturated rings. The first-order chi connectivity index (χ1) is 5.79. The first kappa shape index (κ1) is 16.7. The molecule has 4 nitrogen and oxygen atoms in total. The molecule has 3 N–H and O–H groups in total. The third-order valence-electron chi connectivity index (χ3n) is 1.08. The van der Waals surface area contributed by atoms with E-state index in [2.05, 4.69) is 26.0 Å². The van der Waals surface area contributed by atoms with E-state index in [0.717, 1.165) is 0 Å². The maximum Gasteiger partial charge on any atom is 1.00 e. The summed E-state index contributed by atoms with van der Waals surface area (Å²) < 4.78 is 8.88. The summed E-state index contributed by atoms with van der Waals surface area (Å²) in [5, 5.41) is 0. The van der Waals surface area contributed by atoms with Gasteiger partial charge in [-0.1, -0.05) is 13.8 Å². The van der Waals surface area contributed by atoms with Crippen molar-refractivity contribution in [2.45, 2.75) is 13.8 Å². The van der Waals surface area contributed by atoms with Crippen molar-refractivity contribution in [3.8, 4) is 0 Å². The van der Waals surface area contributed by atoms with Crippen LogP contribution in [0.2, 0.25) is 0 Å². The maximum atomic E-state index is 8.88. The summed E-state index contributed by atoms with van der Waals surface area (Å²) in [6.07, 6.45) is 0. The second-order valence-electron chi connectivity index (χ2n) is 2.60. The first-order valence-electron chi connectivity index (χ1n) is 3.51. The van der Waals surface area contributed by atoms with Crippen LogP contribution in [-0.4, -0.2) is 14.7 Å². The van der Waals surface area contributed by atoms with Crippen molar-refractivity contribution < 1.29 is 48.8 Å². The van der Waals surface area contributed by atoms with E-state index in [0.29, 0.717) is 0 Å². The zero-order chi connectivity index (χ0) is 10.5. The van der Waals surface area contributed by atoms with Gasteiger partial charge in [0.05, 0.1) is 0 Å². The average molecular weight is 226 g/mol. The van der Waals surface area contributed by atoms with E-state index in [1.54, 1.807) is 0 Å². The second-order valence-corrected chi connectivity index (χ2v) is 3.63. The summed E-state index contributed by atoms with van der Waals surface area (Å²) in [5.41, 5.74) is 2.56. The van der Waals surface area contributed by atoms with Crippen LogP contribution in [0.4, 0.5) is 0 Å². The summed E-state index contributed by atoms with van der Waals surface area (Å²) in [6, 6.07) is 9.12. The van der Waals surface area contributed by atoms with Gasteiger partial charge >= 0.3 is 37.4 Å². The Morgan fingerprint density at radius 1 is 1.14 bits per heavy atom. The van der Waals surface area contributed by atoms with Gasteiger partial charge in [0.1, 0.15) is 0 Å². The van der Waals surface area contributed by atoms with Gasteiger partial charge in [0.25, 0.3) is 0 Å². The largest absolute Gasteiger partial charge is 1.00 e. The molecule has 0 atom stereocenters. The monoisotopic (exact) mass is 226 g/mol. The number of benzene rings is 1. The molecule has 0 saturated heterocycles. The summed E-state index contributed by atoms with van der Waals surface area (Å²) in [5.74, 6) is 0. The first-order valence-corrected chi connectivity index (χ1v) is 5.08. The summed E-state index contributed by atoms with van der Waals surface area (Å²) in [6.45, 7) is 4.15. The van der Waals surface area contributed by atoms with E-state index in [4.69, 9.17) is 19.2 Å². The van der Waals surface area contributed by atoms with E-state index in [1.807, 2.05) is 12.1 Å². The molecule has 1 aromatic carbocycles. The molecule has 0 aliphatic carbocycles. The molecule has 0 unspecified atom stereocenters. The van der Waals surface area contributed by atoms with Gasteiger partial charge < -0.3 is 14.7 Å². The van der Waals surface area contributed by atoms with E-state index in [9.17, 15) is 0 Å². The molecule has 0 amide bonds. The molecule has 0 spiro atoms. The molecule has 1 aromatic rings. The molecule has 0 aromatic heterocycles. The van der Waals surface area contributed by atoms with Crippen LogP contribution in [0.15, 0.2) is 18.2 Å². The van der Waals surface area contributed by atoms with Crippen molar-refractivity contribution in [3.05, 3.63) is 35.4 Å². The van der Waals surface area contributed by atoms with Crippen LogP contribution >= 0.6 is 7.82 Å². The molecule has 74 valence electrons. The molecule has 6 heteroatoms. The Kier molecular flexibility index (Phi) is 9.09. The minimum absolute atomic E-state index is 0. The fraction of sp³-hybridized carbons (Fsp3) is 0.250. The molecule has 0 aliphatic heterocycles. The molecule has 0 saturated carbocycles. The van der Waals surface area contributed by atoms with E-state index in [1.165, 1.54) is 11.1 Å². The Bertz CT molecular complexity index is 284. The fourth-order valence-corrected chi connectivity index (χ4v) is 0.747. The van der Waals surface area contributed by atoms with Gasteiger partial charge in [0, 0.05) is 0 Å². The van der Waals surface area contributed by atoms with Crippen molar-refractivity contribution >= 4 is 7.82 Å². The van der Waals surface area contributed by atoms with Gasteiger partial charge in [-0.15, -0.1) is 0 Å². The summed E-state index contributed by atoms with van der Waals surface area (Å²) in [4.78, 5) is 21.6. The molecule has 0 bridgehead atoms. The van der Waals surface area contributed by atoms with Gasteiger partial charge in [0.2, 0.25) is 0 Å². The predicted octanol–water partition coefficient (Wildman–Crippen LogP) is -1.82. The van der Waals surface area contributed by atoms with Crippen LogP contribution in [0, 0.1) is 19.9 Å². The van der Waals surface area contributed by atoms with Crippen LogP contribution in [0.25, 0.3) is 0 Å². The SMILES string of the molecule is Cc1c[c-]cc(C)c1.O=P(O)(O)O.[Na+]. The Morgan fingerprint density at radius 2 is 1.43 bits per heavy atom. The van der Waals surface area contributed by atoms with Crippen LogP contribution < -0.4 is 29.6 Å². The van der Waals surface area contributed by atoms with E-state index in [-0.39, 0.29) is 29.6 Å². The zero-order valence-corrected chi connectivity index (χ0v) is 11.3. The van der Waals surface area contributed by atoms with Crippen molar-refractivity contribution in [3.63, 3.8) is 0 Å². The number of phosphoric acid groups is 1. The molecule has 14 heavy (non-hydrogen) atoms. The third-order valence-corrected chi connectivity index (χ3v) is 1.08. The zero-order valence-electron chi connectivity index (χ0n) is 8.43. The van der Waals surface area contributed by atoms with E-state index < -0.39 is 7.82 Å². The molecule has 1 rings (SSSR count). The normalized spacial score (nSPS) is 9.50. The minimum atomic E-state index is -4.64. The molecular formula is C8H12NaO4P. The molecule has 0 radical (unpaired) electrons. The topological polar surface area (TPSA) is 77.8 Å². The quantitative estimate of drug-likeness (QED) is 0.276. The Morgan fingerprint density at radius 3 is 1.57 bits per heavy atom. The van der Waals surface area contributed by atoms with Gasteiger partial charge in [-0.25, -0.2) is 4.57 Å². The van der Waals surface area contributed by atoms with Gasteiger partial charge in [-0.05, 0) is 0 Å². The molecule has 0 heterocycles. The van der Waals surface area contributed by atoms with Crippen molar-refractivity contribution in [2.24, 2.45) is 0 Å². The van der Waals surface area contributed by atoms with E-state index >= 15 is 0 Å². The van der Waals surface area contributed by atoms with Gasteiger partial charge in [0.15, 0.2) is 0 Å². The average Bonchev–Trinajstić information content (AvgIpc) is 1.81. The second kappa shape index (κ2) is 7.60. The number of rotatable bonds is 0. The molecular weight excluding hydrogens is 214 g/mol. The Labute approximate surface area is 106 Å².